The van der Waals surface area contributed by atoms with Crippen molar-refractivity contribution in [2.75, 3.05) is 0 Å². The van der Waals surface area contributed by atoms with Crippen molar-refractivity contribution in [3.8, 4) is 23.5 Å². The lowest BCUT2D eigenvalue weighted by molar-refractivity contribution is 0.00578. The molecule has 0 saturated carbocycles. The van der Waals surface area contributed by atoms with Crippen LogP contribution >= 0.6 is 0 Å². The highest BCUT2D eigenvalue weighted by molar-refractivity contribution is 7.11. The lowest BCUT2D eigenvalue weighted by atomic mass is 9.49. The molecule has 13 heteroatoms. The van der Waals surface area contributed by atoms with Gasteiger partial charge in [0.05, 0.1) is 68.3 Å². The minimum absolute atomic E-state index is 0.134. The zero-order valence-electron chi connectivity index (χ0n) is 43.0. The highest BCUT2D eigenvalue weighted by Crippen LogP contribution is 2.43. The smallest absolute Gasteiger partial charge is 0.405 e. The Balaban J connectivity index is 0.000000195. The van der Waals surface area contributed by atoms with Crippen LogP contribution < -0.4 is 5.46 Å². The predicted molar refractivity (Wildman–Crippen MR) is 265 cm³/mol. The Bertz CT molecular complexity index is 2200. The second kappa shape index (κ2) is 19.5. The molecule has 3 aliphatic rings. The van der Waals surface area contributed by atoms with Gasteiger partial charge in [-0.1, -0.05) is 77.4 Å². The normalized spacial score (nSPS) is 19.6. The van der Waals surface area contributed by atoms with Crippen LogP contribution in [-0.4, -0.2) is 64.7 Å². The molecule has 2 aromatic heterocycles. The standard InChI is InChI=1S/C18H24N2.C14H18BNO2.C12H24B2O4.C8H7N/c1-17(2,3)13-7-9-15(19-11-13)16-10-8-14(12-20-16)18(4,5)6;1-10-6-11(9-16)8-12(7-10)15-17-13(2,3)14(4,5)18-15;1-9(2)10(3,4)16-13(15-9)14-17-11(5,6)12(7,8)18-14;1-7-3-2-4-8(5-7)6-9/h7-12H,1-6H3;6-8H,1-5H3;1-8H3;2-5H,1H3. The largest absolute Gasteiger partial charge is 0.494 e. The highest BCUT2D eigenvalue weighted by Gasteiger charge is 2.63. The van der Waals surface area contributed by atoms with E-state index in [0.29, 0.717) is 5.56 Å². The molecule has 0 unspecified atom stereocenters. The molecule has 0 spiro atoms. The first kappa shape index (κ1) is 53.3. The Morgan fingerprint density at radius 3 is 1.14 bits per heavy atom. The van der Waals surface area contributed by atoms with Crippen molar-refractivity contribution >= 4 is 26.6 Å². The SMILES string of the molecule is CC(C)(C)c1ccc(-c2ccc(C(C)(C)C)cn2)nc1.CC1(C)OB(B2OC(C)(C)C(C)(C)O2)OC1(C)C.Cc1cc(C#N)cc(B2OC(C)(C)C(C)(C)O2)c1.Cc1cccc(C#N)c1. The maximum absolute atomic E-state index is 9.00. The van der Waals surface area contributed by atoms with Crippen LogP contribution in [0, 0.1) is 36.5 Å². The lowest BCUT2D eigenvalue weighted by Crippen LogP contribution is -2.41. The van der Waals surface area contributed by atoms with Crippen molar-refractivity contribution in [1.82, 2.24) is 9.97 Å². The molecule has 4 aromatic rings. The fourth-order valence-electron chi connectivity index (χ4n) is 6.68. The summed E-state index contributed by atoms with van der Waals surface area (Å²) in [5, 5.41) is 17.4. The summed E-state index contributed by atoms with van der Waals surface area (Å²) < 4.78 is 35.8. The molecule has 0 N–H and O–H groups in total. The number of benzene rings is 2. The molecular weight excluding hydrogens is 809 g/mol. The summed E-state index contributed by atoms with van der Waals surface area (Å²) in [6, 6.07) is 25.8. The first-order valence-electron chi connectivity index (χ1n) is 22.6. The van der Waals surface area contributed by atoms with E-state index in [9.17, 15) is 0 Å². The van der Waals surface area contributed by atoms with Crippen molar-refractivity contribution in [2.24, 2.45) is 0 Å². The summed E-state index contributed by atoms with van der Waals surface area (Å²) in [6.07, 6.45) is 3.91. The van der Waals surface area contributed by atoms with Gasteiger partial charge in [0.25, 0.3) is 0 Å². The first-order chi connectivity index (χ1) is 29.6. The molecule has 346 valence electrons. The first-order valence-corrected chi connectivity index (χ1v) is 22.6. The van der Waals surface area contributed by atoms with Crippen LogP contribution in [0.1, 0.15) is 158 Å². The summed E-state index contributed by atoms with van der Waals surface area (Å²) in [5.41, 5.74) is 6.92. The van der Waals surface area contributed by atoms with Crippen LogP contribution in [0.4, 0.5) is 0 Å². The zero-order chi connectivity index (χ0) is 49.2. The van der Waals surface area contributed by atoms with E-state index in [4.69, 9.17) is 38.4 Å². The van der Waals surface area contributed by atoms with E-state index in [0.717, 1.165) is 33.5 Å². The van der Waals surface area contributed by atoms with Crippen LogP contribution in [-0.2, 0) is 38.8 Å². The maximum atomic E-state index is 9.00. The molecule has 3 aliphatic heterocycles. The minimum atomic E-state index is -0.476. The molecule has 3 saturated heterocycles. The average Bonchev–Trinajstić information content (AvgIpc) is 3.67. The molecule has 10 nitrogen and oxygen atoms in total. The Morgan fingerprint density at radius 2 is 0.831 bits per heavy atom. The van der Waals surface area contributed by atoms with Crippen molar-refractivity contribution in [2.45, 2.75) is 183 Å². The van der Waals surface area contributed by atoms with E-state index in [1.54, 1.807) is 6.07 Å². The van der Waals surface area contributed by atoms with Gasteiger partial charge in [-0.2, -0.15) is 10.5 Å². The number of nitrogens with zero attached hydrogens (tertiary/aromatic N) is 4. The van der Waals surface area contributed by atoms with Crippen LogP contribution in [0.2, 0.25) is 0 Å². The van der Waals surface area contributed by atoms with E-state index in [2.05, 4.69) is 87.9 Å². The van der Waals surface area contributed by atoms with Crippen molar-refractivity contribution < 1.29 is 27.9 Å². The number of aromatic nitrogens is 2. The fourth-order valence-corrected chi connectivity index (χ4v) is 6.68. The number of hydrogen-bond donors (Lipinski definition) is 0. The quantitative estimate of drug-likeness (QED) is 0.183. The van der Waals surface area contributed by atoms with Crippen LogP contribution in [0.3, 0.4) is 0 Å². The molecule has 65 heavy (non-hydrogen) atoms. The number of rotatable bonds is 3. The number of pyridine rings is 2. The van der Waals surface area contributed by atoms with Gasteiger partial charge in [-0.05, 0) is 166 Å². The van der Waals surface area contributed by atoms with Gasteiger partial charge in [0.1, 0.15) is 0 Å². The van der Waals surface area contributed by atoms with Crippen LogP contribution in [0.5, 0.6) is 0 Å². The number of hydrogen-bond acceptors (Lipinski definition) is 10. The molecule has 0 amide bonds. The second-order valence-corrected chi connectivity index (χ2v) is 22.4. The minimum Gasteiger partial charge on any atom is -0.405 e. The Hall–Kier alpha value is -4.33. The van der Waals surface area contributed by atoms with Gasteiger partial charge >= 0.3 is 21.1 Å². The topological polar surface area (TPSA) is 129 Å². The molecule has 0 bridgehead atoms. The van der Waals surface area contributed by atoms with Gasteiger partial charge in [0.15, 0.2) is 0 Å². The molecule has 0 atom stereocenters. The van der Waals surface area contributed by atoms with Crippen molar-refractivity contribution in [3.05, 3.63) is 113 Å². The third kappa shape index (κ3) is 13.2. The molecular formula is C52H73B3N4O6. The lowest BCUT2D eigenvalue weighted by Gasteiger charge is -2.32. The number of aryl methyl sites for hydroxylation is 2. The predicted octanol–water partition coefficient (Wildman–Crippen LogP) is 11.0. The zero-order valence-corrected chi connectivity index (χ0v) is 43.0. The highest BCUT2D eigenvalue weighted by atomic mass is 16.7. The van der Waals surface area contributed by atoms with Gasteiger partial charge in [0, 0.05) is 12.4 Å². The van der Waals surface area contributed by atoms with Gasteiger partial charge in [0.2, 0.25) is 0 Å². The summed E-state index contributed by atoms with van der Waals surface area (Å²) in [4.78, 5) is 9.09. The summed E-state index contributed by atoms with van der Waals surface area (Å²) in [6.45, 7) is 41.4. The third-order valence-electron chi connectivity index (χ3n) is 13.2. The summed E-state index contributed by atoms with van der Waals surface area (Å²) >= 11 is 0. The van der Waals surface area contributed by atoms with Gasteiger partial charge in [-0.25, -0.2) is 0 Å². The molecule has 0 radical (unpaired) electrons. The molecule has 5 heterocycles. The Morgan fingerprint density at radius 1 is 0.462 bits per heavy atom. The molecule has 0 aliphatic carbocycles. The second-order valence-electron chi connectivity index (χ2n) is 22.4. The third-order valence-corrected chi connectivity index (χ3v) is 13.2. The van der Waals surface area contributed by atoms with E-state index in [1.165, 1.54) is 11.1 Å². The van der Waals surface area contributed by atoms with Crippen LogP contribution in [0.15, 0.2) is 79.1 Å². The molecule has 7 rings (SSSR count). The maximum Gasteiger partial charge on any atom is 0.494 e. The van der Waals surface area contributed by atoms with E-state index < -0.39 is 21.1 Å². The van der Waals surface area contributed by atoms with Crippen molar-refractivity contribution in [1.29, 1.82) is 10.5 Å². The van der Waals surface area contributed by atoms with Gasteiger partial charge in [-0.15, -0.1) is 0 Å². The summed E-state index contributed by atoms with van der Waals surface area (Å²) in [7, 11) is -1.35. The molecule has 3 fully saturated rings. The Labute approximate surface area is 392 Å². The Kier molecular flexibility index (Phi) is 16.0. The van der Waals surface area contributed by atoms with E-state index >= 15 is 0 Å². The van der Waals surface area contributed by atoms with Crippen LogP contribution in [0.25, 0.3) is 11.4 Å². The average molecular weight is 883 g/mol. The van der Waals surface area contributed by atoms with E-state index in [-0.39, 0.29) is 44.4 Å². The molecule has 2 aromatic carbocycles. The van der Waals surface area contributed by atoms with Crippen molar-refractivity contribution in [3.63, 3.8) is 0 Å². The fraction of sp³-hybridized carbons (Fsp3) is 0.538. The monoisotopic (exact) mass is 883 g/mol. The number of nitriles is 2. The summed E-state index contributed by atoms with van der Waals surface area (Å²) in [5.74, 6) is 0. The van der Waals surface area contributed by atoms with Gasteiger partial charge in [-0.3, -0.25) is 9.97 Å². The van der Waals surface area contributed by atoms with Gasteiger partial charge < -0.3 is 27.9 Å². The van der Waals surface area contributed by atoms with E-state index in [1.807, 2.05) is 146 Å².